The van der Waals surface area contributed by atoms with Crippen molar-refractivity contribution in [2.45, 2.75) is 50.0 Å². The number of hydrogen-bond acceptors (Lipinski definition) is 1. The van der Waals surface area contributed by atoms with Crippen LogP contribution in [0.25, 0.3) is 121 Å². The van der Waals surface area contributed by atoms with Crippen molar-refractivity contribution in [1.82, 2.24) is 0 Å². The van der Waals surface area contributed by atoms with E-state index in [4.69, 9.17) is 4.74 Å². The lowest BCUT2D eigenvalue weighted by Crippen LogP contribution is -1.92. The maximum absolute atomic E-state index is 5.33. The van der Waals surface area contributed by atoms with Crippen molar-refractivity contribution >= 4 is 53.9 Å². The zero-order chi connectivity index (χ0) is 58.8. The number of rotatable bonds is 7. The Kier molecular flexibility index (Phi) is 22.0. The third-order valence-electron chi connectivity index (χ3n) is 16.6. The summed E-state index contributed by atoms with van der Waals surface area (Å²) in [6.45, 7) is 8.81. The molecule has 0 saturated carbocycles. The van der Waals surface area contributed by atoms with Gasteiger partial charge in [0, 0.05) is 0 Å². The average Bonchev–Trinajstić information content (AvgIpc) is 0.999. The standard InChI is InChI=1S/C26H18.C24H20O.C18H16.C17H14.3CH4.H2O/c1-2-9-20(10-3-1)24-18-17-21-12-5-7-15-23(21)26(24)25-16-8-13-19-11-4-6-14-22(19)25;1-17-16-20-10-6-7-11-22(20)24(19-12-14-21(25-2)15-13-19)23(17)18-8-4-3-5-9-18;1-13-12-16-10-6-7-11-17(16)14(2)18(13)15-8-4-3-5-9-15;1-13-16-10-6-5-9-15(16)11-12-17(13)14-7-3-2-4-8-14;;;;/h1-18H;3-16H,1-2H3;3-12H,1-2H3;2-12H,1H3;3*1H4;1H2. The van der Waals surface area contributed by atoms with Crippen LogP contribution < -0.4 is 4.74 Å². The first-order valence-electron chi connectivity index (χ1n) is 29.7. The van der Waals surface area contributed by atoms with Crippen LogP contribution in [0.3, 0.4) is 0 Å². The van der Waals surface area contributed by atoms with E-state index in [-0.39, 0.29) is 27.8 Å². The Morgan fingerprint density at radius 1 is 0.222 bits per heavy atom. The highest BCUT2D eigenvalue weighted by molar-refractivity contribution is 6.11. The first-order valence-corrected chi connectivity index (χ1v) is 29.7. The fraction of sp³-hybridized carbons (Fsp3) is 0.0909. The first kappa shape index (κ1) is 65.3. The summed E-state index contributed by atoms with van der Waals surface area (Å²) in [5.41, 5.74) is 20.8. The van der Waals surface area contributed by atoms with Crippen molar-refractivity contribution in [2.75, 3.05) is 7.11 Å². The summed E-state index contributed by atoms with van der Waals surface area (Å²) >= 11 is 0. The molecular weight excluding hydrogens is 1090 g/mol. The maximum atomic E-state index is 5.33. The van der Waals surface area contributed by atoms with Crippen LogP contribution in [-0.4, -0.2) is 12.6 Å². The predicted octanol–water partition coefficient (Wildman–Crippen LogP) is 24.8. The van der Waals surface area contributed by atoms with Gasteiger partial charge in [-0.3, -0.25) is 0 Å². The Morgan fingerprint density at radius 3 is 1.09 bits per heavy atom. The van der Waals surface area contributed by atoms with Crippen LogP contribution in [0.1, 0.15) is 44.5 Å². The molecule has 15 rings (SSSR count). The monoisotopic (exact) mass is 1170 g/mol. The van der Waals surface area contributed by atoms with E-state index in [1.807, 2.05) is 12.1 Å². The number of benzene rings is 15. The lowest BCUT2D eigenvalue weighted by molar-refractivity contribution is 0.415. The highest BCUT2D eigenvalue weighted by atomic mass is 16.5. The van der Waals surface area contributed by atoms with Crippen LogP contribution >= 0.6 is 0 Å². The zero-order valence-corrected chi connectivity index (χ0v) is 50.0. The molecule has 0 aliphatic heterocycles. The fourth-order valence-electron chi connectivity index (χ4n) is 12.5. The summed E-state index contributed by atoms with van der Waals surface area (Å²) in [5.74, 6) is 0.877. The van der Waals surface area contributed by atoms with Crippen LogP contribution in [0.4, 0.5) is 0 Å². The normalized spacial score (nSPS) is 10.4. The third-order valence-corrected chi connectivity index (χ3v) is 16.6. The predicted molar refractivity (Wildman–Crippen MR) is 395 cm³/mol. The molecule has 0 atom stereocenters. The summed E-state index contributed by atoms with van der Waals surface area (Å²) < 4.78 is 5.33. The van der Waals surface area contributed by atoms with Gasteiger partial charge < -0.3 is 10.2 Å². The molecule has 90 heavy (non-hydrogen) atoms. The molecule has 2 heteroatoms. The second-order valence-corrected chi connectivity index (χ2v) is 22.0. The van der Waals surface area contributed by atoms with Crippen molar-refractivity contribution in [2.24, 2.45) is 0 Å². The maximum Gasteiger partial charge on any atom is 0.118 e. The summed E-state index contributed by atoms with van der Waals surface area (Å²) in [6, 6.07) is 114. The molecule has 0 heterocycles. The van der Waals surface area contributed by atoms with Gasteiger partial charge in [-0.1, -0.05) is 332 Å². The van der Waals surface area contributed by atoms with E-state index in [0.29, 0.717) is 0 Å². The van der Waals surface area contributed by atoms with Gasteiger partial charge >= 0.3 is 0 Å². The quantitative estimate of drug-likeness (QED) is 0.157. The summed E-state index contributed by atoms with van der Waals surface area (Å²) in [4.78, 5) is 0. The van der Waals surface area contributed by atoms with Crippen molar-refractivity contribution in [3.8, 4) is 72.5 Å². The fourth-order valence-corrected chi connectivity index (χ4v) is 12.5. The van der Waals surface area contributed by atoms with Crippen LogP contribution in [0.2, 0.25) is 0 Å². The number of aryl methyl sites for hydroxylation is 4. The number of methoxy groups -OCH3 is 1. The third kappa shape index (κ3) is 13.9. The van der Waals surface area contributed by atoms with Gasteiger partial charge in [0.25, 0.3) is 0 Å². The van der Waals surface area contributed by atoms with Gasteiger partial charge in [-0.25, -0.2) is 0 Å². The molecule has 15 aromatic rings. The molecule has 446 valence electrons. The smallest absolute Gasteiger partial charge is 0.118 e. The largest absolute Gasteiger partial charge is 0.497 e. The van der Waals surface area contributed by atoms with Crippen LogP contribution in [0.5, 0.6) is 5.75 Å². The summed E-state index contributed by atoms with van der Waals surface area (Å²) in [6.07, 6.45) is 0. The van der Waals surface area contributed by atoms with Crippen LogP contribution in [0.15, 0.2) is 322 Å². The zero-order valence-electron chi connectivity index (χ0n) is 50.0. The van der Waals surface area contributed by atoms with Crippen molar-refractivity contribution in [3.05, 3.63) is 344 Å². The second-order valence-electron chi connectivity index (χ2n) is 22.0. The lowest BCUT2D eigenvalue weighted by Gasteiger charge is -2.17. The Bertz CT molecular complexity index is 4800. The summed E-state index contributed by atoms with van der Waals surface area (Å²) in [5, 5.41) is 13.0. The Balaban J connectivity index is 0.000000155. The molecule has 0 bridgehead atoms. The Hall–Kier alpha value is -10.6. The Labute approximate surface area is 534 Å². The molecule has 0 aromatic heterocycles. The van der Waals surface area contributed by atoms with E-state index < -0.39 is 0 Å². The Morgan fingerprint density at radius 2 is 0.567 bits per heavy atom. The highest BCUT2D eigenvalue weighted by Crippen LogP contribution is 2.43. The van der Waals surface area contributed by atoms with E-state index in [9.17, 15) is 0 Å². The number of hydrogen-bond donors (Lipinski definition) is 0. The number of fused-ring (bicyclic) bond motifs is 5. The molecule has 0 amide bonds. The van der Waals surface area contributed by atoms with E-state index in [2.05, 4.69) is 337 Å². The first-order chi connectivity index (χ1) is 42.3. The topological polar surface area (TPSA) is 40.7 Å². The molecule has 0 radical (unpaired) electrons. The molecule has 2 N–H and O–H groups in total. The van der Waals surface area contributed by atoms with Gasteiger partial charge in [-0.15, -0.1) is 0 Å². The molecule has 0 unspecified atom stereocenters. The van der Waals surface area contributed by atoms with Gasteiger partial charge in [0.1, 0.15) is 5.75 Å². The molecule has 0 aliphatic rings. The molecule has 2 nitrogen and oxygen atoms in total. The van der Waals surface area contributed by atoms with Crippen molar-refractivity contribution in [3.63, 3.8) is 0 Å². The van der Waals surface area contributed by atoms with Gasteiger partial charge in [0.05, 0.1) is 7.11 Å². The molecular formula is C88H82O2. The second kappa shape index (κ2) is 30.3. The van der Waals surface area contributed by atoms with Crippen LogP contribution in [-0.2, 0) is 0 Å². The van der Waals surface area contributed by atoms with Crippen molar-refractivity contribution in [1.29, 1.82) is 0 Å². The molecule has 0 spiro atoms. The van der Waals surface area contributed by atoms with Gasteiger partial charge in [0.2, 0.25) is 0 Å². The molecule has 0 saturated heterocycles. The minimum absolute atomic E-state index is 0. The lowest BCUT2D eigenvalue weighted by atomic mass is 9.86. The van der Waals surface area contributed by atoms with E-state index in [1.54, 1.807) is 7.11 Å². The van der Waals surface area contributed by atoms with E-state index in [1.165, 1.54) is 143 Å². The summed E-state index contributed by atoms with van der Waals surface area (Å²) in [7, 11) is 1.70. The van der Waals surface area contributed by atoms with E-state index in [0.717, 1.165) is 5.75 Å². The number of ether oxygens (including phenoxy) is 1. The van der Waals surface area contributed by atoms with E-state index >= 15 is 0 Å². The van der Waals surface area contributed by atoms with Gasteiger partial charge in [-0.05, 0) is 183 Å². The van der Waals surface area contributed by atoms with Gasteiger partial charge in [-0.2, -0.15) is 0 Å². The molecule has 0 aliphatic carbocycles. The molecule has 15 aromatic carbocycles. The van der Waals surface area contributed by atoms with Crippen molar-refractivity contribution < 1.29 is 10.2 Å². The van der Waals surface area contributed by atoms with Gasteiger partial charge in [0.15, 0.2) is 0 Å². The van der Waals surface area contributed by atoms with Crippen LogP contribution in [0, 0.1) is 27.7 Å². The SMILES string of the molecule is C.C.C.COc1ccc(-c2c(-c3ccccc3)c(C)cc3ccccc23)cc1.Cc1c(-c2ccccc2)ccc2ccccc12.Cc1cc2ccccc2c(C)c1-c1ccccc1.O.c1ccc(-c2ccc3ccccc3c2-c2cccc3ccccc23)cc1. The minimum Gasteiger partial charge on any atom is -0.497 e. The average molecular weight is 1170 g/mol. The minimum atomic E-state index is 0. The molecule has 0 fully saturated rings. The highest BCUT2D eigenvalue weighted by Gasteiger charge is 2.17.